The monoisotopic (exact) mass is 442 g/mol. The van der Waals surface area contributed by atoms with Crippen LogP contribution in [-0.2, 0) is 17.6 Å². The molecule has 2 aromatic rings. The highest BCUT2D eigenvalue weighted by Crippen LogP contribution is 2.50. The van der Waals surface area contributed by atoms with Crippen molar-refractivity contribution in [2.24, 2.45) is 0 Å². The zero-order valence-electron chi connectivity index (χ0n) is 20.9. The van der Waals surface area contributed by atoms with Gasteiger partial charge in [-0.1, -0.05) is 26.0 Å². The summed E-state index contributed by atoms with van der Waals surface area (Å²) in [6.07, 6.45) is 2.34. The van der Waals surface area contributed by atoms with Gasteiger partial charge >= 0.3 is 0 Å². The highest BCUT2D eigenvalue weighted by molar-refractivity contribution is 5.92. The molecule has 0 aliphatic carbocycles. The van der Waals surface area contributed by atoms with Crippen molar-refractivity contribution in [2.45, 2.75) is 73.0 Å². The Balaban J connectivity index is 0.000000460. The molecule has 5 heteroatoms. The van der Waals surface area contributed by atoms with Crippen molar-refractivity contribution in [2.75, 3.05) is 29.9 Å². The largest absolute Gasteiger partial charge is 0.391 e. The van der Waals surface area contributed by atoms with Gasteiger partial charge in [0.05, 0.1) is 17.0 Å². The fourth-order valence-corrected chi connectivity index (χ4v) is 4.56. The van der Waals surface area contributed by atoms with E-state index in [1.165, 1.54) is 34.6 Å². The lowest BCUT2D eigenvalue weighted by molar-refractivity contribution is -0.107. The smallest absolute Gasteiger partial charge is 0.124 e. The Morgan fingerprint density at radius 1 is 1.12 bits per heavy atom. The van der Waals surface area contributed by atoms with E-state index in [0.29, 0.717) is 12.5 Å². The number of halogens is 1. The first kappa shape index (κ1) is 25.9. The van der Waals surface area contributed by atoms with Gasteiger partial charge in [0.25, 0.3) is 0 Å². The molecule has 1 N–H and O–H groups in total. The molecule has 176 valence electrons. The van der Waals surface area contributed by atoms with E-state index in [9.17, 15) is 9.18 Å². The maximum Gasteiger partial charge on any atom is 0.124 e. The molecule has 0 spiro atoms. The number of hydrogen-bond donors (Lipinski definition) is 1. The molecule has 1 atom stereocenters. The van der Waals surface area contributed by atoms with Gasteiger partial charge in [-0.2, -0.15) is 0 Å². The Labute approximate surface area is 193 Å². The molecule has 2 heterocycles. The number of likely N-dealkylation sites (N-methyl/N-ethyl adjacent to an activating group) is 1. The van der Waals surface area contributed by atoms with Crippen LogP contribution in [0.1, 0.15) is 58.2 Å². The Morgan fingerprint density at radius 2 is 1.69 bits per heavy atom. The van der Waals surface area contributed by atoms with Gasteiger partial charge in [-0.25, -0.2) is 4.39 Å². The van der Waals surface area contributed by atoms with Crippen LogP contribution in [0.25, 0.3) is 11.1 Å². The molecule has 32 heavy (non-hydrogen) atoms. The molecule has 0 radical (unpaired) electrons. The maximum absolute atomic E-state index is 13.4. The SMILES string of the molecule is CC.CC(C)(C)O.Cc1c(CC=O)c(-c2ccc(F)cc2)c2c3c1N(C)CCN3C(C)C2. The molecule has 4 rings (SSSR count). The minimum atomic E-state index is -0.500. The van der Waals surface area contributed by atoms with Crippen molar-refractivity contribution in [3.8, 4) is 11.1 Å². The lowest BCUT2D eigenvalue weighted by Gasteiger charge is -2.38. The lowest BCUT2D eigenvalue weighted by atomic mass is 9.86. The van der Waals surface area contributed by atoms with Crippen molar-refractivity contribution < 1.29 is 14.3 Å². The Morgan fingerprint density at radius 3 is 2.22 bits per heavy atom. The third kappa shape index (κ3) is 5.50. The topological polar surface area (TPSA) is 43.8 Å². The van der Waals surface area contributed by atoms with E-state index in [0.717, 1.165) is 42.5 Å². The van der Waals surface area contributed by atoms with Gasteiger partial charge < -0.3 is 19.7 Å². The zero-order valence-corrected chi connectivity index (χ0v) is 20.9. The summed E-state index contributed by atoms with van der Waals surface area (Å²) in [5, 5.41) is 8.52. The van der Waals surface area contributed by atoms with E-state index < -0.39 is 5.60 Å². The molecule has 4 nitrogen and oxygen atoms in total. The number of hydrogen-bond acceptors (Lipinski definition) is 4. The predicted molar refractivity (Wildman–Crippen MR) is 133 cm³/mol. The van der Waals surface area contributed by atoms with Crippen molar-refractivity contribution in [1.82, 2.24) is 0 Å². The van der Waals surface area contributed by atoms with Crippen molar-refractivity contribution in [1.29, 1.82) is 0 Å². The van der Waals surface area contributed by atoms with Gasteiger partial charge in [0.2, 0.25) is 0 Å². The predicted octanol–water partition coefficient (Wildman–Crippen LogP) is 5.55. The van der Waals surface area contributed by atoms with Crippen molar-refractivity contribution in [3.05, 3.63) is 46.8 Å². The summed E-state index contributed by atoms with van der Waals surface area (Å²) in [7, 11) is 2.13. The molecule has 0 fully saturated rings. The molecule has 1 unspecified atom stereocenters. The Hall–Kier alpha value is -2.40. The second-order valence-electron chi connectivity index (χ2n) is 9.37. The summed E-state index contributed by atoms with van der Waals surface area (Å²) in [5.74, 6) is -0.235. The Bertz CT molecular complexity index is 926. The van der Waals surface area contributed by atoms with Crippen LogP contribution in [0.5, 0.6) is 0 Å². The molecule has 0 aromatic heterocycles. The van der Waals surface area contributed by atoms with Crippen LogP contribution in [0.4, 0.5) is 15.8 Å². The number of carbonyl (C=O) groups is 1. The number of anilines is 2. The Kier molecular flexibility index (Phi) is 8.47. The van der Waals surface area contributed by atoms with Crippen LogP contribution in [0.3, 0.4) is 0 Å². The van der Waals surface area contributed by atoms with Gasteiger partial charge in [0, 0.05) is 32.6 Å². The van der Waals surface area contributed by atoms with E-state index in [2.05, 4.69) is 30.7 Å². The van der Waals surface area contributed by atoms with E-state index in [1.54, 1.807) is 20.8 Å². The van der Waals surface area contributed by atoms with Gasteiger partial charge in [0.1, 0.15) is 12.1 Å². The first-order valence-electron chi connectivity index (χ1n) is 11.6. The number of carbonyl (C=O) groups excluding carboxylic acids is 1. The summed E-state index contributed by atoms with van der Waals surface area (Å²) in [6, 6.07) is 7.13. The molecule has 2 aliphatic heterocycles. The summed E-state index contributed by atoms with van der Waals surface area (Å²) in [5.41, 5.74) is 7.77. The normalized spacial score (nSPS) is 16.5. The maximum atomic E-state index is 13.4. The van der Waals surface area contributed by atoms with Crippen molar-refractivity contribution in [3.63, 3.8) is 0 Å². The first-order valence-corrected chi connectivity index (χ1v) is 11.6. The molecule has 0 amide bonds. The molecule has 0 saturated heterocycles. The first-order chi connectivity index (χ1) is 15.0. The molecule has 2 aliphatic rings. The highest BCUT2D eigenvalue weighted by Gasteiger charge is 2.37. The van der Waals surface area contributed by atoms with Crippen LogP contribution in [-0.4, -0.2) is 43.2 Å². The fraction of sp³-hybridized carbons (Fsp3) is 0.519. The molecular formula is C27H39FN2O2. The standard InChI is InChI=1S/C21H23FN2O.C4H10O.C2H6/c1-13-12-18-19(15-4-6-16(22)7-5-15)17(8-11-25)14(2)20-21(18)24(13)10-9-23(20)3;1-4(2,3)5;1-2/h4-7,11,13H,8-10,12H2,1-3H3;5H,1-3H3;1-2H3. The molecule has 0 bridgehead atoms. The summed E-state index contributed by atoms with van der Waals surface area (Å²) in [4.78, 5) is 16.2. The van der Waals surface area contributed by atoms with Gasteiger partial charge in [0.15, 0.2) is 0 Å². The second kappa shape index (κ2) is 10.5. The van der Waals surface area contributed by atoms with Crippen LogP contribution < -0.4 is 9.80 Å². The second-order valence-corrected chi connectivity index (χ2v) is 9.37. The fourth-order valence-electron chi connectivity index (χ4n) is 4.56. The molecule has 2 aromatic carbocycles. The minimum Gasteiger partial charge on any atom is -0.391 e. The highest BCUT2D eigenvalue weighted by atomic mass is 19.1. The lowest BCUT2D eigenvalue weighted by Crippen LogP contribution is -2.41. The summed E-state index contributed by atoms with van der Waals surface area (Å²) < 4.78 is 13.4. The average molecular weight is 443 g/mol. The summed E-state index contributed by atoms with van der Waals surface area (Å²) in [6.45, 7) is 15.6. The number of aliphatic hydroxyl groups is 1. The summed E-state index contributed by atoms with van der Waals surface area (Å²) >= 11 is 0. The van der Waals surface area contributed by atoms with Crippen LogP contribution in [0, 0.1) is 12.7 Å². The van der Waals surface area contributed by atoms with Crippen LogP contribution >= 0.6 is 0 Å². The number of rotatable bonds is 3. The van der Waals surface area contributed by atoms with E-state index in [4.69, 9.17) is 5.11 Å². The van der Waals surface area contributed by atoms with Gasteiger partial charge in [-0.3, -0.25) is 0 Å². The minimum absolute atomic E-state index is 0.235. The van der Waals surface area contributed by atoms with Crippen LogP contribution in [0.2, 0.25) is 0 Å². The van der Waals surface area contributed by atoms with E-state index in [1.807, 2.05) is 26.0 Å². The van der Waals surface area contributed by atoms with Gasteiger partial charge in [-0.15, -0.1) is 0 Å². The molecular weight excluding hydrogens is 403 g/mol. The number of benzene rings is 2. The third-order valence-electron chi connectivity index (χ3n) is 5.72. The average Bonchev–Trinajstić information content (AvgIpc) is 3.05. The third-order valence-corrected chi connectivity index (χ3v) is 5.72. The zero-order chi connectivity index (χ0) is 24.2. The van der Waals surface area contributed by atoms with E-state index in [-0.39, 0.29) is 5.82 Å². The number of aldehydes is 1. The van der Waals surface area contributed by atoms with Gasteiger partial charge in [-0.05, 0) is 81.0 Å². The number of nitrogens with zero attached hydrogens (tertiary/aromatic N) is 2. The molecule has 0 saturated carbocycles. The van der Waals surface area contributed by atoms with Crippen molar-refractivity contribution >= 4 is 17.7 Å². The quantitative estimate of drug-likeness (QED) is 0.633. The van der Waals surface area contributed by atoms with E-state index >= 15 is 0 Å². The van der Waals surface area contributed by atoms with Crippen LogP contribution in [0.15, 0.2) is 24.3 Å².